The fraction of sp³-hybridized carbons (Fsp3) is 0.571. The molecule has 2 N–H and O–H groups in total. The van der Waals surface area contributed by atoms with Crippen molar-refractivity contribution in [2.75, 3.05) is 20.1 Å². The molecule has 0 radical (unpaired) electrons. The number of aromatic nitrogens is 1. The van der Waals surface area contributed by atoms with Crippen molar-refractivity contribution in [3.8, 4) is 0 Å². The highest BCUT2D eigenvalue weighted by Gasteiger charge is 2.23. The first-order chi connectivity index (χ1) is 8.68. The summed E-state index contributed by atoms with van der Waals surface area (Å²) in [7, 11) is 3.52. The summed E-state index contributed by atoms with van der Waals surface area (Å²) in [4.78, 5) is 25.3. The number of nitrogens with zero attached hydrogens (tertiary/aromatic N) is 2. The highest BCUT2D eigenvalue weighted by atomic mass is 35.5. The molecule has 5 nitrogen and oxygen atoms in total. The number of hydrogen-bond acceptors (Lipinski definition) is 3. The van der Waals surface area contributed by atoms with Crippen molar-refractivity contribution in [3.63, 3.8) is 0 Å². The molecule has 6 heteroatoms. The first kappa shape index (κ1) is 18.7. The molecule has 0 saturated carbocycles. The maximum Gasteiger partial charge on any atom is 0.270 e. The predicted molar refractivity (Wildman–Crippen MR) is 82.5 cm³/mol. The molecule has 0 spiro atoms. The maximum absolute atomic E-state index is 12.3. The van der Waals surface area contributed by atoms with Gasteiger partial charge < -0.3 is 15.2 Å². The van der Waals surface area contributed by atoms with Crippen molar-refractivity contribution in [2.24, 2.45) is 18.2 Å². The number of carbonyl (C=O) groups is 2. The molecule has 1 amide bonds. The smallest absolute Gasteiger partial charge is 0.270 e. The van der Waals surface area contributed by atoms with Crippen LogP contribution < -0.4 is 5.73 Å². The van der Waals surface area contributed by atoms with E-state index in [0.717, 1.165) is 0 Å². The lowest BCUT2D eigenvalue weighted by Gasteiger charge is -2.29. The van der Waals surface area contributed by atoms with Crippen LogP contribution in [0.4, 0.5) is 0 Å². The largest absolute Gasteiger partial charge is 0.346 e. The van der Waals surface area contributed by atoms with E-state index in [-0.39, 0.29) is 29.5 Å². The Morgan fingerprint density at radius 2 is 1.95 bits per heavy atom. The average molecular weight is 302 g/mol. The van der Waals surface area contributed by atoms with Gasteiger partial charge in [-0.3, -0.25) is 9.59 Å². The van der Waals surface area contributed by atoms with Gasteiger partial charge in [0, 0.05) is 32.4 Å². The third-order valence-corrected chi connectivity index (χ3v) is 3.20. The van der Waals surface area contributed by atoms with Crippen LogP contribution in [-0.2, 0) is 7.05 Å². The van der Waals surface area contributed by atoms with Gasteiger partial charge in [0.25, 0.3) is 5.91 Å². The van der Waals surface area contributed by atoms with E-state index in [0.29, 0.717) is 24.3 Å². The summed E-state index contributed by atoms with van der Waals surface area (Å²) in [6, 6.07) is 1.64. The van der Waals surface area contributed by atoms with Gasteiger partial charge in [-0.15, -0.1) is 12.4 Å². The second-order valence-electron chi connectivity index (χ2n) is 5.81. The normalized spacial score (nSPS) is 10.9. The van der Waals surface area contributed by atoms with Gasteiger partial charge in [-0.2, -0.15) is 0 Å². The summed E-state index contributed by atoms with van der Waals surface area (Å²) in [5.41, 5.74) is 6.62. The Bertz CT molecular complexity index is 495. The first-order valence-electron chi connectivity index (χ1n) is 6.31. The molecule has 0 aliphatic heterocycles. The van der Waals surface area contributed by atoms with E-state index < -0.39 is 0 Å². The highest BCUT2D eigenvalue weighted by molar-refractivity contribution is 5.99. The zero-order valence-electron chi connectivity index (χ0n) is 12.8. The SMILES string of the molecule is CC(=O)c1cc(C(=O)N(C)CC(C)(C)CN)n(C)c1.Cl. The number of Topliss-reactive ketones (excluding diaryl/α,β-unsaturated/α-hetero) is 1. The van der Waals surface area contributed by atoms with Crippen LogP contribution in [0.3, 0.4) is 0 Å². The summed E-state index contributed by atoms with van der Waals surface area (Å²) in [6.07, 6.45) is 1.68. The number of ketones is 1. The van der Waals surface area contributed by atoms with Crippen LogP contribution in [0.2, 0.25) is 0 Å². The Balaban J connectivity index is 0.00000361. The molecular formula is C14H24ClN3O2. The van der Waals surface area contributed by atoms with Crippen LogP contribution in [0.15, 0.2) is 12.3 Å². The van der Waals surface area contributed by atoms with E-state index in [1.807, 2.05) is 13.8 Å². The predicted octanol–water partition coefficient (Wildman–Crippen LogP) is 1.71. The molecule has 1 heterocycles. The molecular weight excluding hydrogens is 278 g/mol. The van der Waals surface area contributed by atoms with Crippen LogP contribution in [0.1, 0.15) is 41.6 Å². The Labute approximate surface area is 126 Å². The van der Waals surface area contributed by atoms with Gasteiger partial charge in [-0.05, 0) is 24.9 Å². The molecule has 0 unspecified atom stereocenters. The quantitative estimate of drug-likeness (QED) is 0.842. The highest BCUT2D eigenvalue weighted by Crippen LogP contribution is 2.16. The van der Waals surface area contributed by atoms with Gasteiger partial charge in [0.2, 0.25) is 0 Å². The monoisotopic (exact) mass is 301 g/mol. The average Bonchev–Trinajstić information content (AvgIpc) is 2.70. The maximum atomic E-state index is 12.3. The molecule has 0 aromatic carbocycles. The van der Waals surface area contributed by atoms with E-state index >= 15 is 0 Å². The Morgan fingerprint density at radius 3 is 2.35 bits per heavy atom. The lowest BCUT2D eigenvalue weighted by molar-refractivity contribution is 0.0731. The number of rotatable bonds is 5. The van der Waals surface area contributed by atoms with Crippen molar-refractivity contribution in [2.45, 2.75) is 20.8 Å². The van der Waals surface area contributed by atoms with Crippen LogP contribution in [0.5, 0.6) is 0 Å². The Hall–Kier alpha value is -1.33. The third-order valence-electron chi connectivity index (χ3n) is 3.20. The molecule has 0 saturated heterocycles. The minimum Gasteiger partial charge on any atom is -0.346 e. The van der Waals surface area contributed by atoms with E-state index in [2.05, 4.69) is 0 Å². The van der Waals surface area contributed by atoms with Gasteiger partial charge in [-0.1, -0.05) is 13.8 Å². The van der Waals surface area contributed by atoms with Crippen LogP contribution in [-0.4, -0.2) is 41.3 Å². The minimum absolute atomic E-state index is 0. The molecule has 0 bridgehead atoms. The number of nitrogens with two attached hydrogens (primary N) is 1. The zero-order valence-corrected chi connectivity index (χ0v) is 13.6. The summed E-state index contributed by atoms with van der Waals surface area (Å²) < 4.78 is 1.69. The van der Waals surface area contributed by atoms with Crippen molar-refractivity contribution >= 4 is 24.1 Å². The van der Waals surface area contributed by atoms with Gasteiger partial charge >= 0.3 is 0 Å². The molecule has 1 aromatic rings. The van der Waals surface area contributed by atoms with E-state index in [4.69, 9.17) is 5.73 Å². The van der Waals surface area contributed by atoms with E-state index in [1.54, 1.807) is 35.8 Å². The van der Waals surface area contributed by atoms with E-state index in [9.17, 15) is 9.59 Å². The molecule has 0 aliphatic rings. The van der Waals surface area contributed by atoms with Gasteiger partial charge in [0.05, 0.1) is 0 Å². The van der Waals surface area contributed by atoms with Crippen LogP contribution >= 0.6 is 12.4 Å². The van der Waals surface area contributed by atoms with Crippen molar-refractivity contribution in [1.82, 2.24) is 9.47 Å². The van der Waals surface area contributed by atoms with E-state index in [1.165, 1.54) is 6.92 Å². The molecule has 0 atom stereocenters. The van der Waals surface area contributed by atoms with Gasteiger partial charge in [-0.25, -0.2) is 0 Å². The third kappa shape index (κ3) is 4.35. The van der Waals surface area contributed by atoms with Crippen molar-refractivity contribution in [3.05, 3.63) is 23.5 Å². The molecule has 20 heavy (non-hydrogen) atoms. The standard InChI is InChI=1S/C14H23N3O2.ClH/c1-10(18)11-6-12(16(4)7-11)13(19)17(5)9-14(2,3)8-15;/h6-7H,8-9,15H2,1-5H3;1H. The Kier molecular flexibility index (Phi) is 6.44. The second-order valence-corrected chi connectivity index (χ2v) is 5.81. The zero-order chi connectivity index (χ0) is 14.8. The van der Waals surface area contributed by atoms with Gasteiger partial charge in [0.1, 0.15) is 5.69 Å². The summed E-state index contributed by atoms with van der Waals surface area (Å²) in [6.45, 7) is 6.61. The summed E-state index contributed by atoms with van der Waals surface area (Å²) >= 11 is 0. The number of aryl methyl sites for hydroxylation is 1. The topological polar surface area (TPSA) is 68.3 Å². The fourth-order valence-electron chi connectivity index (χ4n) is 1.94. The number of halogens is 1. The minimum atomic E-state index is -0.126. The van der Waals surface area contributed by atoms with Crippen molar-refractivity contribution in [1.29, 1.82) is 0 Å². The molecule has 1 aromatic heterocycles. The lowest BCUT2D eigenvalue weighted by Crippen LogP contribution is -2.40. The van der Waals surface area contributed by atoms with Crippen LogP contribution in [0.25, 0.3) is 0 Å². The van der Waals surface area contributed by atoms with Crippen LogP contribution in [0, 0.1) is 5.41 Å². The number of carbonyl (C=O) groups excluding carboxylic acids is 2. The Morgan fingerprint density at radius 1 is 1.40 bits per heavy atom. The molecule has 0 fully saturated rings. The number of hydrogen-bond donors (Lipinski definition) is 1. The molecule has 1 rings (SSSR count). The fourth-order valence-corrected chi connectivity index (χ4v) is 1.94. The van der Waals surface area contributed by atoms with Crippen molar-refractivity contribution < 1.29 is 9.59 Å². The lowest BCUT2D eigenvalue weighted by atomic mass is 9.93. The second kappa shape index (κ2) is 6.90. The summed E-state index contributed by atoms with van der Waals surface area (Å²) in [5.74, 6) is -0.142. The first-order valence-corrected chi connectivity index (χ1v) is 6.31. The number of amides is 1. The molecule has 0 aliphatic carbocycles. The van der Waals surface area contributed by atoms with Gasteiger partial charge in [0.15, 0.2) is 5.78 Å². The summed E-state index contributed by atoms with van der Waals surface area (Å²) in [5, 5.41) is 0. The molecule has 114 valence electrons.